The summed E-state index contributed by atoms with van der Waals surface area (Å²) in [6.45, 7) is 3.61. The van der Waals surface area contributed by atoms with Gasteiger partial charge in [0.15, 0.2) is 0 Å². The molecule has 1 aliphatic rings. The second-order valence-corrected chi connectivity index (χ2v) is 3.77. The molecule has 0 saturated carbocycles. The SMILES string of the molecule is COCCNC(=O)CNC1CCCNC1. The molecule has 5 nitrogen and oxygen atoms in total. The van der Waals surface area contributed by atoms with Gasteiger partial charge in [0.1, 0.15) is 0 Å². The normalized spacial score (nSPS) is 21.3. The zero-order valence-corrected chi connectivity index (χ0v) is 9.34. The van der Waals surface area contributed by atoms with Crippen LogP contribution in [0.2, 0.25) is 0 Å². The van der Waals surface area contributed by atoms with E-state index in [0.29, 0.717) is 25.7 Å². The van der Waals surface area contributed by atoms with Gasteiger partial charge in [-0.1, -0.05) is 0 Å². The van der Waals surface area contributed by atoms with Crippen LogP contribution in [-0.2, 0) is 9.53 Å². The zero-order chi connectivity index (χ0) is 10.9. The van der Waals surface area contributed by atoms with Gasteiger partial charge in [0.2, 0.25) is 5.91 Å². The zero-order valence-electron chi connectivity index (χ0n) is 9.34. The Morgan fingerprint density at radius 2 is 2.47 bits per heavy atom. The van der Waals surface area contributed by atoms with E-state index in [0.717, 1.165) is 19.5 Å². The molecule has 15 heavy (non-hydrogen) atoms. The largest absolute Gasteiger partial charge is 0.383 e. The van der Waals surface area contributed by atoms with E-state index in [1.165, 1.54) is 6.42 Å². The predicted molar refractivity (Wildman–Crippen MR) is 58.8 cm³/mol. The molecule has 0 bridgehead atoms. The third-order valence-corrected chi connectivity index (χ3v) is 2.48. The highest BCUT2D eigenvalue weighted by Crippen LogP contribution is 1.99. The summed E-state index contributed by atoms with van der Waals surface area (Å²) in [7, 11) is 1.62. The first-order chi connectivity index (χ1) is 7.33. The van der Waals surface area contributed by atoms with Crippen molar-refractivity contribution in [3.8, 4) is 0 Å². The third-order valence-electron chi connectivity index (χ3n) is 2.48. The maximum absolute atomic E-state index is 11.3. The van der Waals surface area contributed by atoms with Crippen molar-refractivity contribution in [2.24, 2.45) is 0 Å². The number of carbonyl (C=O) groups excluding carboxylic acids is 1. The van der Waals surface area contributed by atoms with Crippen LogP contribution in [0.15, 0.2) is 0 Å². The first kappa shape index (κ1) is 12.4. The molecule has 0 aromatic carbocycles. The average molecular weight is 215 g/mol. The lowest BCUT2D eigenvalue weighted by Crippen LogP contribution is -2.47. The molecule has 1 unspecified atom stereocenters. The molecule has 0 aromatic heterocycles. The van der Waals surface area contributed by atoms with Crippen molar-refractivity contribution in [1.29, 1.82) is 0 Å². The molecule has 1 fully saturated rings. The summed E-state index contributed by atoms with van der Waals surface area (Å²) in [5.41, 5.74) is 0. The summed E-state index contributed by atoms with van der Waals surface area (Å²) in [6, 6.07) is 0.437. The lowest BCUT2D eigenvalue weighted by molar-refractivity contribution is -0.120. The first-order valence-electron chi connectivity index (χ1n) is 5.52. The summed E-state index contributed by atoms with van der Waals surface area (Å²) < 4.78 is 4.84. The van der Waals surface area contributed by atoms with Gasteiger partial charge in [-0.05, 0) is 19.4 Å². The molecule has 5 heteroatoms. The maximum Gasteiger partial charge on any atom is 0.234 e. The average Bonchev–Trinajstić information content (AvgIpc) is 2.28. The predicted octanol–water partition coefficient (Wildman–Crippen LogP) is -0.909. The summed E-state index contributed by atoms with van der Waals surface area (Å²) in [4.78, 5) is 11.3. The topological polar surface area (TPSA) is 62.4 Å². The van der Waals surface area contributed by atoms with Crippen LogP contribution in [0.3, 0.4) is 0 Å². The molecule has 3 N–H and O–H groups in total. The quantitative estimate of drug-likeness (QED) is 0.502. The Morgan fingerprint density at radius 3 is 3.13 bits per heavy atom. The molecular weight excluding hydrogens is 194 g/mol. The number of hydrogen-bond donors (Lipinski definition) is 3. The Bertz CT molecular complexity index is 182. The minimum atomic E-state index is 0.0395. The van der Waals surface area contributed by atoms with Crippen LogP contribution in [0.4, 0.5) is 0 Å². The van der Waals surface area contributed by atoms with Crippen molar-refractivity contribution in [3.05, 3.63) is 0 Å². The van der Waals surface area contributed by atoms with Gasteiger partial charge < -0.3 is 20.7 Å². The van der Waals surface area contributed by atoms with Crippen molar-refractivity contribution in [2.75, 3.05) is 39.9 Å². The van der Waals surface area contributed by atoms with E-state index in [1.54, 1.807) is 7.11 Å². The van der Waals surface area contributed by atoms with E-state index in [2.05, 4.69) is 16.0 Å². The van der Waals surface area contributed by atoms with Gasteiger partial charge in [-0.15, -0.1) is 0 Å². The van der Waals surface area contributed by atoms with E-state index in [9.17, 15) is 4.79 Å². The van der Waals surface area contributed by atoms with Gasteiger partial charge in [-0.25, -0.2) is 0 Å². The van der Waals surface area contributed by atoms with Crippen LogP contribution in [0.25, 0.3) is 0 Å². The Balaban J connectivity index is 2.00. The van der Waals surface area contributed by atoms with Gasteiger partial charge in [0.05, 0.1) is 13.2 Å². The van der Waals surface area contributed by atoms with Gasteiger partial charge >= 0.3 is 0 Å². The minimum absolute atomic E-state index is 0.0395. The number of ether oxygens (including phenoxy) is 1. The van der Waals surface area contributed by atoms with Crippen LogP contribution in [0.5, 0.6) is 0 Å². The van der Waals surface area contributed by atoms with Crippen molar-refractivity contribution in [1.82, 2.24) is 16.0 Å². The fourth-order valence-corrected chi connectivity index (χ4v) is 1.62. The molecule has 0 spiro atoms. The fraction of sp³-hybridized carbons (Fsp3) is 0.900. The van der Waals surface area contributed by atoms with Crippen molar-refractivity contribution in [2.45, 2.75) is 18.9 Å². The lowest BCUT2D eigenvalue weighted by atomic mass is 10.1. The lowest BCUT2D eigenvalue weighted by Gasteiger charge is -2.23. The standard InChI is InChI=1S/C10H21N3O2/c1-15-6-5-12-10(14)8-13-9-3-2-4-11-7-9/h9,11,13H,2-8H2,1H3,(H,12,14). The van der Waals surface area contributed by atoms with Crippen LogP contribution >= 0.6 is 0 Å². The van der Waals surface area contributed by atoms with Crippen LogP contribution < -0.4 is 16.0 Å². The second-order valence-electron chi connectivity index (χ2n) is 3.77. The number of nitrogens with one attached hydrogen (secondary N) is 3. The Labute approximate surface area is 90.9 Å². The first-order valence-corrected chi connectivity index (χ1v) is 5.52. The second kappa shape index (κ2) is 7.62. The Hall–Kier alpha value is -0.650. The van der Waals surface area contributed by atoms with E-state index >= 15 is 0 Å². The van der Waals surface area contributed by atoms with Crippen LogP contribution in [-0.4, -0.2) is 51.8 Å². The number of rotatable bonds is 6. The number of methoxy groups -OCH3 is 1. The third kappa shape index (κ3) is 5.71. The Morgan fingerprint density at radius 1 is 1.60 bits per heavy atom. The minimum Gasteiger partial charge on any atom is -0.383 e. The highest BCUT2D eigenvalue weighted by atomic mass is 16.5. The summed E-state index contributed by atoms with van der Waals surface area (Å²) in [5.74, 6) is 0.0395. The van der Waals surface area contributed by atoms with Gasteiger partial charge in [-0.3, -0.25) is 4.79 Å². The molecule has 1 amide bonds. The van der Waals surface area contributed by atoms with Gasteiger partial charge in [0, 0.05) is 26.2 Å². The molecule has 1 aliphatic heterocycles. The molecule has 1 heterocycles. The van der Waals surface area contributed by atoms with Crippen molar-refractivity contribution in [3.63, 3.8) is 0 Å². The fourth-order valence-electron chi connectivity index (χ4n) is 1.62. The number of hydrogen-bond acceptors (Lipinski definition) is 4. The molecular formula is C10H21N3O2. The van der Waals surface area contributed by atoms with E-state index < -0.39 is 0 Å². The summed E-state index contributed by atoms with van der Waals surface area (Å²) in [5, 5.41) is 9.31. The van der Waals surface area contributed by atoms with E-state index in [-0.39, 0.29) is 5.91 Å². The van der Waals surface area contributed by atoms with Crippen LogP contribution in [0, 0.1) is 0 Å². The smallest absolute Gasteiger partial charge is 0.234 e. The molecule has 0 aromatic rings. The molecule has 0 aliphatic carbocycles. The number of piperidine rings is 1. The molecule has 1 rings (SSSR count). The molecule has 1 atom stereocenters. The number of amides is 1. The van der Waals surface area contributed by atoms with Crippen LogP contribution in [0.1, 0.15) is 12.8 Å². The number of carbonyl (C=O) groups is 1. The monoisotopic (exact) mass is 215 g/mol. The van der Waals surface area contributed by atoms with E-state index in [1.807, 2.05) is 0 Å². The van der Waals surface area contributed by atoms with Crippen molar-refractivity contribution >= 4 is 5.91 Å². The van der Waals surface area contributed by atoms with Crippen molar-refractivity contribution < 1.29 is 9.53 Å². The molecule has 0 radical (unpaired) electrons. The van der Waals surface area contributed by atoms with Gasteiger partial charge in [-0.2, -0.15) is 0 Å². The highest BCUT2D eigenvalue weighted by Gasteiger charge is 2.12. The summed E-state index contributed by atoms with van der Waals surface area (Å²) >= 11 is 0. The Kier molecular flexibility index (Phi) is 6.31. The summed E-state index contributed by atoms with van der Waals surface area (Å²) in [6.07, 6.45) is 2.33. The molecule has 88 valence electrons. The maximum atomic E-state index is 11.3. The highest BCUT2D eigenvalue weighted by molar-refractivity contribution is 5.77. The molecule has 1 saturated heterocycles. The van der Waals surface area contributed by atoms with Gasteiger partial charge in [0.25, 0.3) is 0 Å². The van der Waals surface area contributed by atoms with E-state index in [4.69, 9.17) is 4.74 Å².